The fraction of sp³-hybridized carbons (Fsp3) is 0.304. The van der Waals surface area contributed by atoms with E-state index in [0.29, 0.717) is 23.5 Å². The first-order valence-electron chi connectivity index (χ1n) is 9.56. The zero-order valence-electron chi connectivity index (χ0n) is 16.1. The van der Waals surface area contributed by atoms with Crippen LogP contribution in [0.15, 0.2) is 47.3 Å². The van der Waals surface area contributed by atoms with Crippen molar-refractivity contribution in [3.8, 4) is 11.8 Å². The Morgan fingerprint density at radius 3 is 2.46 bits per heavy atom. The molecule has 0 saturated carbocycles. The molecule has 2 heterocycles. The largest absolute Gasteiger partial charge is 0.299 e. The molecule has 1 aromatic heterocycles. The minimum atomic E-state index is -0.280. The third-order valence-corrected chi connectivity index (χ3v) is 5.19. The number of aromatic nitrogens is 2. The Morgan fingerprint density at radius 1 is 1.00 bits per heavy atom. The van der Waals surface area contributed by atoms with Gasteiger partial charge in [-0.15, -0.1) is 0 Å². The monoisotopic (exact) mass is 375 g/mol. The molecule has 2 aromatic carbocycles. The molecule has 1 aliphatic heterocycles. The van der Waals surface area contributed by atoms with E-state index in [1.54, 1.807) is 18.2 Å². The molecule has 0 fully saturated rings. The first kappa shape index (κ1) is 18.4. The van der Waals surface area contributed by atoms with E-state index in [1.165, 1.54) is 12.1 Å². The first-order chi connectivity index (χ1) is 13.5. The van der Waals surface area contributed by atoms with Crippen LogP contribution in [-0.2, 0) is 13.0 Å². The maximum Gasteiger partial charge on any atom is 0.261 e. The van der Waals surface area contributed by atoms with Crippen molar-refractivity contribution in [3.05, 3.63) is 75.6 Å². The van der Waals surface area contributed by atoms with E-state index in [-0.39, 0.29) is 11.4 Å². The Labute approximate surface area is 163 Å². The Hall–Kier alpha value is -2.97. The Bertz CT molecular complexity index is 1140. The summed E-state index contributed by atoms with van der Waals surface area (Å²) in [5.74, 6) is 6.66. The standard InChI is InChI=1S/C23H22FN3O/c1-16(2)26-12-11-22-25-21-15-18(4-3-17-5-8-19(24)9-6-17)7-10-20(21)23(28)27(22)14-13-26/h5-10,15-16H,11-14H2,1-2H3. The molecule has 142 valence electrons. The number of hydrogen-bond donors (Lipinski definition) is 0. The maximum absolute atomic E-state index is 13.0. The highest BCUT2D eigenvalue weighted by atomic mass is 19.1. The average Bonchev–Trinajstić information content (AvgIpc) is 2.90. The van der Waals surface area contributed by atoms with Crippen LogP contribution in [-0.4, -0.2) is 33.6 Å². The molecule has 3 aromatic rings. The Balaban J connectivity index is 1.70. The lowest BCUT2D eigenvalue weighted by molar-refractivity contribution is 0.226. The van der Waals surface area contributed by atoms with Crippen LogP contribution in [0, 0.1) is 17.7 Å². The van der Waals surface area contributed by atoms with Crippen LogP contribution in [0.3, 0.4) is 0 Å². The highest BCUT2D eigenvalue weighted by Gasteiger charge is 2.19. The van der Waals surface area contributed by atoms with Crippen molar-refractivity contribution in [2.75, 3.05) is 13.1 Å². The molecule has 28 heavy (non-hydrogen) atoms. The predicted molar refractivity (Wildman–Crippen MR) is 109 cm³/mol. The van der Waals surface area contributed by atoms with E-state index in [0.717, 1.165) is 36.5 Å². The molecule has 0 N–H and O–H groups in total. The Kier molecular flexibility index (Phi) is 4.97. The molecule has 0 saturated heterocycles. The summed E-state index contributed by atoms with van der Waals surface area (Å²) in [6.45, 7) is 6.78. The highest BCUT2D eigenvalue weighted by Crippen LogP contribution is 2.14. The third kappa shape index (κ3) is 3.69. The number of rotatable bonds is 1. The zero-order valence-corrected chi connectivity index (χ0v) is 16.1. The predicted octanol–water partition coefficient (Wildman–Crippen LogP) is 3.20. The van der Waals surface area contributed by atoms with Gasteiger partial charge in [-0.2, -0.15) is 0 Å². The van der Waals surface area contributed by atoms with Crippen molar-refractivity contribution >= 4 is 10.9 Å². The molecule has 0 spiro atoms. The van der Waals surface area contributed by atoms with E-state index >= 15 is 0 Å². The van der Waals surface area contributed by atoms with Crippen molar-refractivity contribution in [1.82, 2.24) is 14.5 Å². The molecule has 4 rings (SSSR count). The van der Waals surface area contributed by atoms with E-state index in [2.05, 4.69) is 30.6 Å². The highest BCUT2D eigenvalue weighted by molar-refractivity contribution is 5.79. The maximum atomic E-state index is 13.0. The van der Waals surface area contributed by atoms with Crippen molar-refractivity contribution in [2.24, 2.45) is 0 Å². The van der Waals surface area contributed by atoms with Crippen LogP contribution in [0.1, 0.15) is 30.8 Å². The van der Waals surface area contributed by atoms with Crippen LogP contribution in [0.4, 0.5) is 4.39 Å². The minimum Gasteiger partial charge on any atom is -0.299 e. The second kappa shape index (κ2) is 7.57. The lowest BCUT2D eigenvalue weighted by Crippen LogP contribution is -2.34. The molecular weight excluding hydrogens is 353 g/mol. The number of hydrogen-bond acceptors (Lipinski definition) is 3. The molecule has 5 heteroatoms. The molecule has 0 unspecified atom stereocenters. The van der Waals surface area contributed by atoms with Crippen LogP contribution in [0.25, 0.3) is 10.9 Å². The molecule has 0 aliphatic carbocycles. The Morgan fingerprint density at radius 2 is 1.71 bits per heavy atom. The number of fused-ring (bicyclic) bond motifs is 2. The molecule has 0 atom stereocenters. The SMILES string of the molecule is CC(C)N1CCc2nc3cc(C#Cc4ccc(F)cc4)ccc3c(=O)n2CC1. The summed E-state index contributed by atoms with van der Waals surface area (Å²) in [4.78, 5) is 20.1. The first-order valence-corrected chi connectivity index (χ1v) is 9.56. The number of halogens is 1. The lowest BCUT2D eigenvalue weighted by Gasteiger charge is -2.23. The van der Waals surface area contributed by atoms with Crippen molar-refractivity contribution in [1.29, 1.82) is 0 Å². The summed E-state index contributed by atoms with van der Waals surface area (Å²) in [5.41, 5.74) is 2.22. The van der Waals surface area contributed by atoms with Crippen LogP contribution >= 0.6 is 0 Å². The fourth-order valence-electron chi connectivity index (χ4n) is 3.54. The van der Waals surface area contributed by atoms with Gasteiger partial charge in [0.2, 0.25) is 0 Å². The fourth-order valence-corrected chi connectivity index (χ4v) is 3.54. The normalized spacial score (nSPS) is 14.4. The molecule has 4 nitrogen and oxygen atoms in total. The van der Waals surface area contributed by atoms with Gasteiger partial charge in [0.05, 0.1) is 10.9 Å². The lowest BCUT2D eigenvalue weighted by atomic mass is 10.1. The summed E-state index contributed by atoms with van der Waals surface area (Å²) in [5, 5.41) is 0.620. The van der Waals surface area contributed by atoms with Gasteiger partial charge in [0.1, 0.15) is 11.6 Å². The second-order valence-corrected chi connectivity index (χ2v) is 7.35. The molecule has 1 aliphatic rings. The summed E-state index contributed by atoms with van der Waals surface area (Å²) in [6, 6.07) is 12.0. The number of nitrogens with zero attached hydrogens (tertiary/aromatic N) is 3. The summed E-state index contributed by atoms with van der Waals surface area (Å²) in [6.07, 6.45) is 0.759. The van der Waals surface area contributed by atoms with Crippen LogP contribution in [0.5, 0.6) is 0 Å². The van der Waals surface area contributed by atoms with Crippen molar-refractivity contribution in [3.63, 3.8) is 0 Å². The van der Waals surface area contributed by atoms with E-state index in [1.807, 2.05) is 16.7 Å². The van der Waals surface area contributed by atoms with Gasteiger partial charge in [-0.3, -0.25) is 14.3 Å². The van der Waals surface area contributed by atoms with Gasteiger partial charge < -0.3 is 0 Å². The minimum absolute atomic E-state index is 0.0173. The third-order valence-electron chi connectivity index (χ3n) is 5.19. The quantitative estimate of drug-likeness (QED) is 0.613. The van der Waals surface area contributed by atoms with E-state index in [4.69, 9.17) is 4.98 Å². The summed E-state index contributed by atoms with van der Waals surface area (Å²) >= 11 is 0. The van der Waals surface area contributed by atoms with Gasteiger partial charge in [0.15, 0.2) is 0 Å². The van der Waals surface area contributed by atoms with Gasteiger partial charge in [0.25, 0.3) is 5.56 Å². The van der Waals surface area contributed by atoms with Gasteiger partial charge in [-0.1, -0.05) is 11.8 Å². The number of benzene rings is 2. The van der Waals surface area contributed by atoms with Gasteiger partial charge in [0, 0.05) is 43.2 Å². The van der Waals surface area contributed by atoms with Gasteiger partial charge >= 0.3 is 0 Å². The van der Waals surface area contributed by atoms with Crippen molar-refractivity contribution in [2.45, 2.75) is 32.9 Å². The topological polar surface area (TPSA) is 38.1 Å². The van der Waals surface area contributed by atoms with Gasteiger partial charge in [-0.05, 0) is 56.3 Å². The zero-order chi connectivity index (χ0) is 19.7. The van der Waals surface area contributed by atoms with Crippen LogP contribution in [0.2, 0.25) is 0 Å². The van der Waals surface area contributed by atoms with Crippen LogP contribution < -0.4 is 5.56 Å². The van der Waals surface area contributed by atoms with Crippen molar-refractivity contribution < 1.29 is 4.39 Å². The summed E-state index contributed by atoms with van der Waals surface area (Å²) in [7, 11) is 0. The molecule has 0 radical (unpaired) electrons. The average molecular weight is 375 g/mol. The smallest absolute Gasteiger partial charge is 0.261 e. The molecule has 0 bridgehead atoms. The van der Waals surface area contributed by atoms with E-state index in [9.17, 15) is 9.18 Å². The molecule has 0 amide bonds. The second-order valence-electron chi connectivity index (χ2n) is 7.35. The van der Waals surface area contributed by atoms with E-state index < -0.39 is 0 Å². The molecular formula is C23H22FN3O. The summed E-state index contributed by atoms with van der Waals surface area (Å²) < 4.78 is 14.8. The van der Waals surface area contributed by atoms with Gasteiger partial charge in [-0.25, -0.2) is 9.37 Å².